The van der Waals surface area contributed by atoms with E-state index in [0.29, 0.717) is 22.3 Å². The van der Waals surface area contributed by atoms with E-state index in [2.05, 4.69) is 5.32 Å². The molecule has 2 aromatic rings. The molecular weight excluding hydrogens is 503 g/mol. The first kappa shape index (κ1) is 28.1. The molecule has 0 aromatic heterocycles. The minimum Gasteiger partial charge on any atom is -0.383 e. The standard InChI is InChI=1S/C27H36Cl2N2O3S/c1-18(2)31(25(32)26(3,4)5)24-12-7-19(15-23(24)29)27(16-20(27)17-30-13-14-34-6)35(33)22-10-8-21(28)9-11-22/h7-12,15,18,20,30H,13-14,16-17H2,1-6H3. The number of amides is 1. The summed E-state index contributed by atoms with van der Waals surface area (Å²) in [4.78, 5) is 15.7. The summed E-state index contributed by atoms with van der Waals surface area (Å²) in [6, 6.07) is 12.9. The number of carbonyl (C=O) groups is 1. The minimum absolute atomic E-state index is 0.00763. The Labute approximate surface area is 222 Å². The van der Waals surface area contributed by atoms with Gasteiger partial charge in [0.15, 0.2) is 0 Å². The van der Waals surface area contributed by atoms with Crippen LogP contribution in [0.1, 0.15) is 46.6 Å². The Balaban J connectivity index is 1.98. The molecule has 192 valence electrons. The third-order valence-electron chi connectivity index (χ3n) is 6.35. The van der Waals surface area contributed by atoms with Crippen LogP contribution < -0.4 is 10.2 Å². The summed E-state index contributed by atoms with van der Waals surface area (Å²) in [7, 11) is 0.368. The molecule has 1 saturated carbocycles. The summed E-state index contributed by atoms with van der Waals surface area (Å²) in [5, 5.41) is 4.51. The van der Waals surface area contributed by atoms with Crippen molar-refractivity contribution in [3.05, 3.63) is 58.1 Å². The maximum atomic E-state index is 13.9. The molecule has 0 aliphatic heterocycles. The van der Waals surface area contributed by atoms with E-state index < -0.39 is 21.0 Å². The highest BCUT2D eigenvalue weighted by Gasteiger charge is 2.60. The molecule has 1 aliphatic carbocycles. The highest BCUT2D eigenvalue weighted by molar-refractivity contribution is 7.86. The van der Waals surface area contributed by atoms with Gasteiger partial charge in [-0.1, -0.05) is 50.0 Å². The van der Waals surface area contributed by atoms with E-state index in [-0.39, 0.29) is 17.9 Å². The Morgan fingerprint density at radius 3 is 2.40 bits per heavy atom. The molecule has 1 amide bonds. The van der Waals surface area contributed by atoms with Crippen LogP contribution in [-0.2, 0) is 25.1 Å². The van der Waals surface area contributed by atoms with Crippen LogP contribution in [0.3, 0.4) is 0 Å². The third-order valence-corrected chi connectivity index (χ3v) is 9.01. The van der Waals surface area contributed by atoms with Gasteiger partial charge >= 0.3 is 0 Å². The van der Waals surface area contributed by atoms with Gasteiger partial charge in [-0.15, -0.1) is 0 Å². The molecule has 1 N–H and O–H groups in total. The Morgan fingerprint density at radius 2 is 1.86 bits per heavy atom. The van der Waals surface area contributed by atoms with Gasteiger partial charge in [-0.25, -0.2) is 0 Å². The summed E-state index contributed by atoms with van der Waals surface area (Å²) in [6.07, 6.45) is 0.771. The van der Waals surface area contributed by atoms with Gasteiger partial charge in [-0.3, -0.25) is 9.00 Å². The highest BCUT2D eigenvalue weighted by Crippen LogP contribution is 2.59. The SMILES string of the molecule is COCCNCC1CC1(c1ccc(N(C(=O)C(C)(C)C)C(C)C)c(Cl)c1)S(=O)c1ccc(Cl)cc1. The van der Waals surface area contributed by atoms with Crippen LogP contribution in [0.2, 0.25) is 10.0 Å². The molecule has 1 aliphatic rings. The fourth-order valence-corrected chi connectivity index (χ4v) is 6.68. The lowest BCUT2D eigenvalue weighted by Gasteiger charge is -2.33. The lowest BCUT2D eigenvalue weighted by atomic mass is 9.93. The van der Waals surface area contributed by atoms with Gasteiger partial charge in [-0.05, 0) is 74.7 Å². The van der Waals surface area contributed by atoms with Crippen molar-refractivity contribution in [2.75, 3.05) is 31.7 Å². The van der Waals surface area contributed by atoms with Crippen molar-refractivity contribution in [2.24, 2.45) is 11.3 Å². The normalized spacial score (nSPS) is 20.7. The van der Waals surface area contributed by atoms with E-state index in [1.807, 2.05) is 65.0 Å². The number of hydrogen-bond acceptors (Lipinski definition) is 4. The Bertz CT molecular complexity index is 1070. The van der Waals surface area contributed by atoms with E-state index in [1.54, 1.807) is 24.1 Å². The van der Waals surface area contributed by atoms with Crippen LogP contribution in [0.25, 0.3) is 0 Å². The van der Waals surface area contributed by atoms with Gasteiger partial charge in [0.05, 0.1) is 32.9 Å². The third kappa shape index (κ3) is 6.11. The smallest absolute Gasteiger partial charge is 0.232 e. The summed E-state index contributed by atoms with van der Waals surface area (Å²) in [5.74, 6) is 0.184. The lowest BCUT2D eigenvalue weighted by molar-refractivity contribution is -0.126. The van der Waals surface area contributed by atoms with Crippen molar-refractivity contribution in [3.63, 3.8) is 0 Å². The van der Waals surface area contributed by atoms with Gasteiger partial charge in [0, 0.05) is 35.0 Å². The number of rotatable bonds is 10. The lowest BCUT2D eigenvalue weighted by Crippen LogP contribution is -2.44. The van der Waals surface area contributed by atoms with Gasteiger partial charge in [0.25, 0.3) is 0 Å². The molecule has 35 heavy (non-hydrogen) atoms. The molecule has 0 heterocycles. The summed E-state index contributed by atoms with van der Waals surface area (Å²) in [5.41, 5.74) is 1.05. The molecule has 5 nitrogen and oxygen atoms in total. The summed E-state index contributed by atoms with van der Waals surface area (Å²) in [6.45, 7) is 11.7. The molecular formula is C27H36Cl2N2O3S. The molecule has 3 rings (SSSR count). The monoisotopic (exact) mass is 538 g/mol. The predicted molar refractivity (Wildman–Crippen MR) is 146 cm³/mol. The van der Waals surface area contributed by atoms with Gasteiger partial charge < -0.3 is 15.0 Å². The fraction of sp³-hybridized carbons (Fsp3) is 0.519. The first-order chi connectivity index (χ1) is 16.4. The topological polar surface area (TPSA) is 58.6 Å². The van der Waals surface area contributed by atoms with Crippen LogP contribution >= 0.6 is 23.2 Å². The zero-order valence-corrected chi connectivity index (χ0v) is 23.7. The van der Waals surface area contributed by atoms with Crippen LogP contribution in [0, 0.1) is 11.3 Å². The van der Waals surface area contributed by atoms with Crippen molar-refractivity contribution >= 4 is 45.6 Å². The highest BCUT2D eigenvalue weighted by atomic mass is 35.5. The van der Waals surface area contributed by atoms with Gasteiger partial charge in [-0.2, -0.15) is 0 Å². The number of ether oxygens (including phenoxy) is 1. The quantitative estimate of drug-likeness (QED) is 0.374. The minimum atomic E-state index is -1.31. The molecule has 0 radical (unpaired) electrons. The molecule has 0 saturated heterocycles. The largest absolute Gasteiger partial charge is 0.383 e. The van der Waals surface area contributed by atoms with Crippen molar-refractivity contribution in [3.8, 4) is 0 Å². The van der Waals surface area contributed by atoms with Crippen LogP contribution in [-0.4, -0.2) is 43.0 Å². The van der Waals surface area contributed by atoms with Gasteiger partial charge in [0.2, 0.25) is 5.91 Å². The van der Waals surface area contributed by atoms with E-state index in [4.69, 9.17) is 27.9 Å². The molecule has 2 aromatic carbocycles. The maximum absolute atomic E-state index is 13.9. The number of hydrogen-bond donors (Lipinski definition) is 1. The average Bonchev–Trinajstić information content (AvgIpc) is 3.52. The number of carbonyl (C=O) groups excluding carboxylic acids is 1. The number of benzene rings is 2. The van der Waals surface area contributed by atoms with Crippen molar-refractivity contribution < 1.29 is 13.7 Å². The first-order valence-corrected chi connectivity index (χ1v) is 13.8. The molecule has 1 fully saturated rings. The molecule has 8 heteroatoms. The van der Waals surface area contributed by atoms with Gasteiger partial charge in [0.1, 0.15) is 0 Å². The Hall–Kier alpha value is -1.44. The van der Waals surface area contributed by atoms with Crippen molar-refractivity contribution in [2.45, 2.75) is 56.7 Å². The summed E-state index contributed by atoms with van der Waals surface area (Å²) < 4.78 is 18.5. The van der Waals surface area contributed by atoms with Crippen molar-refractivity contribution in [1.82, 2.24) is 5.32 Å². The summed E-state index contributed by atoms with van der Waals surface area (Å²) >= 11 is 12.9. The molecule has 3 atom stereocenters. The number of nitrogens with zero attached hydrogens (tertiary/aromatic N) is 1. The number of halogens is 2. The van der Waals surface area contributed by atoms with Crippen LogP contribution in [0.15, 0.2) is 47.4 Å². The van der Waals surface area contributed by atoms with E-state index in [9.17, 15) is 9.00 Å². The average molecular weight is 540 g/mol. The Kier molecular flexibility index (Phi) is 9.09. The number of anilines is 1. The second-order valence-corrected chi connectivity index (χ2v) is 13.0. The Morgan fingerprint density at radius 1 is 1.20 bits per heavy atom. The number of nitrogens with one attached hydrogen (secondary N) is 1. The second-order valence-electron chi connectivity index (χ2n) is 10.4. The maximum Gasteiger partial charge on any atom is 0.232 e. The second kappa shape index (κ2) is 11.3. The zero-order valence-electron chi connectivity index (χ0n) is 21.4. The van der Waals surface area contributed by atoms with Crippen LogP contribution in [0.4, 0.5) is 5.69 Å². The first-order valence-electron chi connectivity index (χ1n) is 11.9. The van der Waals surface area contributed by atoms with Crippen molar-refractivity contribution in [1.29, 1.82) is 0 Å². The predicted octanol–water partition coefficient (Wildman–Crippen LogP) is 6.04. The molecule has 0 bridgehead atoms. The van der Waals surface area contributed by atoms with E-state index >= 15 is 0 Å². The van der Waals surface area contributed by atoms with Crippen LogP contribution in [0.5, 0.6) is 0 Å². The van der Waals surface area contributed by atoms with E-state index in [1.165, 1.54) is 0 Å². The fourth-order valence-electron chi connectivity index (χ4n) is 4.40. The molecule has 0 spiro atoms. The van der Waals surface area contributed by atoms with E-state index in [0.717, 1.165) is 30.0 Å². The molecule has 3 unspecified atom stereocenters. The zero-order chi connectivity index (χ0) is 26.0. The number of methoxy groups -OCH3 is 1.